The lowest BCUT2D eigenvalue weighted by molar-refractivity contribution is -0.116. The lowest BCUT2D eigenvalue weighted by atomic mass is 9.44. The van der Waals surface area contributed by atoms with Crippen molar-refractivity contribution in [3.05, 3.63) is 12.7 Å². The molecule has 0 radical (unpaired) electrons. The summed E-state index contributed by atoms with van der Waals surface area (Å²) in [6.07, 6.45) is 16.2. The molecule has 1 nitrogen and oxygen atoms in total. The highest BCUT2D eigenvalue weighted by Gasteiger charge is 2.59. The Hall–Kier alpha value is -0.300. The molecule has 136 valence electrons. The molecule has 8 atom stereocenters. The summed E-state index contributed by atoms with van der Waals surface area (Å²) in [7, 11) is 0. The minimum atomic E-state index is 0.393. The van der Waals surface area contributed by atoms with Crippen LogP contribution in [0.25, 0.3) is 0 Å². The molecule has 0 aromatic heterocycles. The van der Waals surface area contributed by atoms with Gasteiger partial charge in [-0.15, -0.1) is 6.58 Å². The fourth-order valence-corrected chi connectivity index (χ4v) is 8.24. The van der Waals surface area contributed by atoms with Crippen molar-refractivity contribution in [1.82, 2.24) is 0 Å². The topological polar surface area (TPSA) is 20.2 Å². The van der Waals surface area contributed by atoms with Crippen molar-refractivity contribution < 1.29 is 5.11 Å². The van der Waals surface area contributed by atoms with Crippen LogP contribution in [0.5, 0.6) is 0 Å². The van der Waals surface area contributed by atoms with E-state index in [0.717, 1.165) is 41.9 Å². The molecule has 5 unspecified atom stereocenters. The molecule has 0 aliphatic heterocycles. The molecule has 24 heavy (non-hydrogen) atoms. The average molecular weight is 331 g/mol. The van der Waals surface area contributed by atoms with E-state index in [9.17, 15) is 5.11 Å². The number of hydrogen-bond donors (Lipinski definition) is 1. The lowest BCUT2D eigenvalue weighted by Gasteiger charge is -2.61. The van der Waals surface area contributed by atoms with E-state index >= 15 is 0 Å². The van der Waals surface area contributed by atoms with Gasteiger partial charge in [0.2, 0.25) is 0 Å². The third kappa shape index (κ3) is 2.37. The zero-order valence-corrected chi connectivity index (χ0v) is 16.0. The third-order valence-corrected chi connectivity index (χ3v) is 9.71. The van der Waals surface area contributed by atoms with Crippen molar-refractivity contribution in [2.75, 3.05) is 6.61 Å². The number of fused-ring (bicyclic) bond motifs is 5. The summed E-state index contributed by atoms with van der Waals surface area (Å²) in [5.74, 6) is 5.43. The molecule has 4 fully saturated rings. The second-order valence-corrected chi connectivity index (χ2v) is 10.3. The van der Waals surface area contributed by atoms with Gasteiger partial charge in [0.05, 0.1) is 0 Å². The Balaban J connectivity index is 1.56. The summed E-state index contributed by atoms with van der Waals surface area (Å²) < 4.78 is 0. The molecule has 0 spiro atoms. The van der Waals surface area contributed by atoms with Crippen LogP contribution in [0.3, 0.4) is 0 Å². The van der Waals surface area contributed by atoms with Crippen molar-refractivity contribution in [3.8, 4) is 0 Å². The molecule has 0 saturated heterocycles. The van der Waals surface area contributed by atoms with Gasteiger partial charge < -0.3 is 5.11 Å². The monoisotopic (exact) mass is 330 g/mol. The molecule has 4 aliphatic rings. The van der Waals surface area contributed by atoms with Gasteiger partial charge in [0.1, 0.15) is 0 Å². The molecule has 0 aromatic carbocycles. The van der Waals surface area contributed by atoms with Crippen LogP contribution >= 0.6 is 0 Å². The number of hydrogen-bond acceptors (Lipinski definition) is 1. The molecule has 0 amide bonds. The highest BCUT2D eigenvalue weighted by Crippen LogP contribution is 2.68. The molecular formula is C23H38O. The van der Waals surface area contributed by atoms with Gasteiger partial charge in [-0.25, -0.2) is 0 Å². The zero-order valence-electron chi connectivity index (χ0n) is 16.0. The van der Waals surface area contributed by atoms with Gasteiger partial charge in [-0.3, -0.25) is 0 Å². The van der Waals surface area contributed by atoms with E-state index in [1.54, 1.807) is 0 Å². The van der Waals surface area contributed by atoms with Crippen LogP contribution in [0.1, 0.15) is 78.1 Å². The van der Waals surface area contributed by atoms with Crippen LogP contribution in [0.2, 0.25) is 0 Å². The highest BCUT2D eigenvalue weighted by atomic mass is 16.3. The molecule has 0 heterocycles. The van der Waals surface area contributed by atoms with Gasteiger partial charge in [-0.05, 0) is 111 Å². The van der Waals surface area contributed by atoms with Crippen molar-refractivity contribution in [1.29, 1.82) is 0 Å². The molecular weight excluding hydrogens is 292 g/mol. The molecule has 0 aromatic rings. The second-order valence-electron chi connectivity index (χ2n) is 10.3. The molecule has 1 N–H and O–H groups in total. The van der Waals surface area contributed by atoms with Crippen LogP contribution in [0.15, 0.2) is 12.7 Å². The van der Waals surface area contributed by atoms with Gasteiger partial charge in [-0.2, -0.15) is 0 Å². The average Bonchev–Trinajstić information content (AvgIpc) is 2.91. The Kier molecular flexibility index (Phi) is 4.39. The van der Waals surface area contributed by atoms with E-state index in [2.05, 4.69) is 26.5 Å². The lowest BCUT2D eigenvalue weighted by Crippen LogP contribution is -2.53. The quantitative estimate of drug-likeness (QED) is 0.645. The zero-order chi connectivity index (χ0) is 16.9. The molecule has 4 aliphatic carbocycles. The first-order chi connectivity index (χ1) is 11.5. The Morgan fingerprint density at radius 1 is 0.958 bits per heavy atom. The fourth-order valence-electron chi connectivity index (χ4n) is 8.24. The maximum absolute atomic E-state index is 9.50. The molecule has 1 heteroatoms. The van der Waals surface area contributed by atoms with Gasteiger partial charge >= 0.3 is 0 Å². The van der Waals surface area contributed by atoms with Crippen LogP contribution < -0.4 is 0 Å². The van der Waals surface area contributed by atoms with Crippen LogP contribution in [0.4, 0.5) is 0 Å². The Bertz CT molecular complexity index is 484. The third-order valence-electron chi connectivity index (χ3n) is 9.71. The number of rotatable bonds is 3. The van der Waals surface area contributed by atoms with Crippen molar-refractivity contribution >= 4 is 0 Å². The normalized spacial score (nSPS) is 53.8. The minimum Gasteiger partial charge on any atom is -0.396 e. The molecule has 4 saturated carbocycles. The maximum Gasteiger partial charge on any atom is 0.0433 e. The predicted octanol–water partition coefficient (Wildman–Crippen LogP) is 5.83. The highest BCUT2D eigenvalue weighted by molar-refractivity contribution is 5.09. The van der Waals surface area contributed by atoms with Crippen molar-refractivity contribution in [3.63, 3.8) is 0 Å². The first-order valence-electron chi connectivity index (χ1n) is 10.8. The maximum atomic E-state index is 9.50. The summed E-state index contributed by atoms with van der Waals surface area (Å²) in [6, 6.07) is 0. The summed E-state index contributed by atoms with van der Waals surface area (Å²) in [4.78, 5) is 0. The standard InChI is InChI=1S/C23H38O/c1-4-16-9-12-23(3)18(15-16)5-7-19-20-8-6-17(11-14-24)22(20,2)13-10-21(19)23/h4,16-21,24H,1,5-15H2,2-3H3/t16-,17?,18?,19?,20?,21?,22+,23-/m0/s1. The Morgan fingerprint density at radius 2 is 1.71 bits per heavy atom. The molecule has 4 rings (SSSR count). The summed E-state index contributed by atoms with van der Waals surface area (Å²) >= 11 is 0. The van der Waals surface area contributed by atoms with Gasteiger partial charge in [0.15, 0.2) is 0 Å². The largest absolute Gasteiger partial charge is 0.396 e. The Labute approximate surface area is 149 Å². The number of allylic oxidation sites excluding steroid dienone is 1. The smallest absolute Gasteiger partial charge is 0.0433 e. The van der Waals surface area contributed by atoms with Gasteiger partial charge in [-0.1, -0.05) is 19.9 Å². The SMILES string of the molecule is C=C[C@H]1CC[C@@]2(C)C(CCC3C2CC[C@]2(C)C(CCO)CCC32)C1. The first-order valence-corrected chi connectivity index (χ1v) is 10.8. The van der Waals surface area contributed by atoms with Crippen molar-refractivity contribution in [2.24, 2.45) is 46.3 Å². The van der Waals surface area contributed by atoms with E-state index in [1.807, 2.05) is 0 Å². The number of aliphatic hydroxyl groups excluding tert-OH is 1. The number of aliphatic hydroxyl groups is 1. The fraction of sp³-hybridized carbons (Fsp3) is 0.913. The first kappa shape index (κ1) is 17.1. The van der Waals surface area contributed by atoms with Gasteiger partial charge in [0, 0.05) is 6.61 Å². The van der Waals surface area contributed by atoms with E-state index in [4.69, 9.17) is 0 Å². The van der Waals surface area contributed by atoms with E-state index < -0.39 is 0 Å². The summed E-state index contributed by atoms with van der Waals surface area (Å²) in [6.45, 7) is 9.73. The van der Waals surface area contributed by atoms with Crippen LogP contribution in [-0.2, 0) is 0 Å². The van der Waals surface area contributed by atoms with Gasteiger partial charge in [0.25, 0.3) is 0 Å². The molecule has 0 bridgehead atoms. The van der Waals surface area contributed by atoms with E-state index in [0.29, 0.717) is 17.4 Å². The second kappa shape index (κ2) is 6.15. The Morgan fingerprint density at radius 3 is 2.46 bits per heavy atom. The van der Waals surface area contributed by atoms with E-state index in [-0.39, 0.29) is 0 Å². The van der Waals surface area contributed by atoms with Crippen LogP contribution in [-0.4, -0.2) is 11.7 Å². The summed E-state index contributed by atoms with van der Waals surface area (Å²) in [5, 5.41) is 9.50. The van der Waals surface area contributed by atoms with Crippen molar-refractivity contribution in [2.45, 2.75) is 78.1 Å². The minimum absolute atomic E-state index is 0.393. The van der Waals surface area contributed by atoms with E-state index in [1.165, 1.54) is 57.8 Å². The van der Waals surface area contributed by atoms with Crippen LogP contribution in [0, 0.1) is 46.3 Å². The predicted molar refractivity (Wildman–Crippen MR) is 101 cm³/mol. The summed E-state index contributed by atoms with van der Waals surface area (Å²) in [5.41, 5.74) is 1.14.